The third-order valence-electron chi connectivity index (χ3n) is 4.78. The second-order valence-electron chi connectivity index (χ2n) is 6.33. The number of fused-ring (bicyclic) bond motifs is 1. The minimum Gasteiger partial charge on any atom is -0.481 e. The van der Waals surface area contributed by atoms with Crippen LogP contribution < -0.4 is 0 Å². The second-order valence-corrected chi connectivity index (χ2v) is 8.35. The Morgan fingerprint density at radius 1 is 1.14 bits per heavy atom. The van der Waals surface area contributed by atoms with E-state index in [0.29, 0.717) is 25.9 Å². The van der Waals surface area contributed by atoms with Gasteiger partial charge in [-0.05, 0) is 42.7 Å². The van der Waals surface area contributed by atoms with Gasteiger partial charge in [0.25, 0.3) is 0 Å². The Kier molecular flexibility index (Phi) is 4.23. The Morgan fingerprint density at radius 2 is 1.68 bits per heavy atom. The molecule has 1 saturated heterocycles. The number of hydrogen-bond donors (Lipinski definition) is 1. The molecule has 0 spiro atoms. The quantitative estimate of drug-likeness (QED) is 0.912. The Hall–Kier alpha value is -1.40. The third kappa shape index (κ3) is 3.17. The molecule has 1 aromatic carbocycles. The Balaban J connectivity index is 1.60. The minimum absolute atomic E-state index is 0.139. The predicted octanol–water partition coefficient (Wildman–Crippen LogP) is 1.53. The van der Waals surface area contributed by atoms with Crippen molar-refractivity contribution in [2.24, 2.45) is 11.8 Å². The van der Waals surface area contributed by atoms with Crippen molar-refractivity contribution in [2.75, 3.05) is 18.8 Å². The summed E-state index contributed by atoms with van der Waals surface area (Å²) >= 11 is 0. The van der Waals surface area contributed by atoms with Gasteiger partial charge in [0.15, 0.2) is 0 Å². The molecule has 2 aliphatic rings. The zero-order valence-electron chi connectivity index (χ0n) is 12.4. The van der Waals surface area contributed by atoms with E-state index >= 15 is 0 Å². The van der Waals surface area contributed by atoms with E-state index in [2.05, 4.69) is 12.1 Å². The van der Waals surface area contributed by atoms with E-state index < -0.39 is 21.9 Å². The van der Waals surface area contributed by atoms with E-state index in [0.717, 1.165) is 12.8 Å². The number of hydrogen-bond acceptors (Lipinski definition) is 3. The number of carbonyl (C=O) groups is 1. The first kappa shape index (κ1) is 15.5. The molecule has 1 aliphatic carbocycles. The second kappa shape index (κ2) is 6.01. The van der Waals surface area contributed by atoms with Crippen LogP contribution in [0.5, 0.6) is 0 Å². The minimum atomic E-state index is -3.29. The number of nitrogens with zero attached hydrogens (tertiary/aromatic N) is 1. The number of rotatable bonds is 4. The summed E-state index contributed by atoms with van der Waals surface area (Å²) in [6.07, 6.45) is 2.47. The summed E-state index contributed by atoms with van der Waals surface area (Å²) in [6, 6.07) is 8.12. The Bertz CT molecular complexity index is 637. The van der Waals surface area contributed by atoms with Crippen molar-refractivity contribution in [3.63, 3.8) is 0 Å². The molecule has 1 heterocycles. The maximum absolute atomic E-state index is 12.5. The topological polar surface area (TPSA) is 74.7 Å². The van der Waals surface area contributed by atoms with Crippen molar-refractivity contribution >= 4 is 16.0 Å². The van der Waals surface area contributed by atoms with Gasteiger partial charge in [0.05, 0.1) is 11.7 Å². The van der Waals surface area contributed by atoms with Gasteiger partial charge in [-0.15, -0.1) is 0 Å². The Labute approximate surface area is 131 Å². The van der Waals surface area contributed by atoms with E-state index in [-0.39, 0.29) is 11.7 Å². The smallest absolute Gasteiger partial charge is 0.306 e. The van der Waals surface area contributed by atoms with Crippen molar-refractivity contribution in [3.05, 3.63) is 35.4 Å². The standard InChI is InChI=1S/C16H21NO4S/c18-16(19)13-5-7-17(8-6-13)22(20,21)11-12-9-14-3-1-2-4-15(14)10-12/h1-4,12-13H,5-11H2,(H,18,19). The van der Waals surface area contributed by atoms with E-state index in [1.165, 1.54) is 15.4 Å². The van der Waals surface area contributed by atoms with Crippen LogP contribution in [-0.2, 0) is 27.7 Å². The Morgan fingerprint density at radius 3 is 2.18 bits per heavy atom. The van der Waals surface area contributed by atoms with Gasteiger partial charge in [0.1, 0.15) is 0 Å². The summed E-state index contributed by atoms with van der Waals surface area (Å²) in [7, 11) is -3.29. The number of carboxylic acid groups (broad SMARTS) is 1. The average Bonchev–Trinajstić information content (AvgIpc) is 2.88. The summed E-state index contributed by atoms with van der Waals surface area (Å²) < 4.78 is 26.6. The summed E-state index contributed by atoms with van der Waals surface area (Å²) in [5.74, 6) is -0.913. The van der Waals surface area contributed by atoms with Crippen molar-refractivity contribution < 1.29 is 18.3 Å². The van der Waals surface area contributed by atoms with Gasteiger partial charge >= 0.3 is 5.97 Å². The van der Waals surface area contributed by atoms with E-state index in [1.807, 2.05) is 12.1 Å². The molecule has 120 valence electrons. The van der Waals surface area contributed by atoms with Crippen LogP contribution in [0.4, 0.5) is 0 Å². The van der Waals surface area contributed by atoms with E-state index in [1.54, 1.807) is 0 Å². The molecule has 0 aromatic heterocycles. The molecule has 22 heavy (non-hydrogen) atoms. The fraction of sp³-hybridized carbons (Fsp3) is 0.562. The molecule has 0 unspecified atom stereocenters. The van der Waals surface area contributed by atoms with E-state index in [4.69, 9.17) is 5.11 Å². The molecule has 0 radical (unpaired) electrons. The summed E-state index contributed by atoms with van der Waals surface area (Å²) in [5, 5.41) is 8.99. The molecular formula is C16H21NO4S. The van der Waals surface area contributed by atoms with Crippen molar-refractivity contribution in [3.8, 4) is 0 Å². The maximum Gasteiger partial charge on any atom is 0.306 e. The molecule has 3 rings (SSSR count). The van der Waals surface area contributed by atoms with Crippen LogP contribution in [-0.4, -0.2) is 42.6 Å². The fourth-order valence-corrected chi connectivity index (χ4v) is 5.36. The molecule has 0 atom stereocenters. The van der Waals surface area contributed by atoms with Crippen LogP contribution >= 0.6 is 0 Å². The van der Waals surface area contributed by atoms with Gasteiger partial charge in [0.2, 0.25) is 10.0 Å². The summed E-state index contributed by atoms with van der Waals surface area (Å²) in [5.41, 5.74) is 2.51. The van der Waals surface area contributed by atoms with Crippen molar-refractivity contribution in [2.45, 2.75) is 25.7 Å². The van der Waals surface area contributed by atoms with Gasteiger partial charge in [-0.1, -0.05) is 24.3 Å². The fourth-order valence-electron chi connectivity index (χ4n) is 3.55. The van der Waals surface area contributed by atoms with Gasteiger partial charge < -0.3 is 5.11 Å². The summed E-state index contributed by atoms with van der Waals surface area (Å²) in [6.45, 7) is 0.665. The van der Waals surface area contributed by atoms with Gasteiger partial charge in [-0.3, -0.25) is 4.79 Å². The van der Waals surface area contributed by atoms with Crippen LogP contribution in [0.2, 0.25) is 0 Å². The van der Waals surface area contributed by atoms with Crippen LogP contribution in [0, 0.1) is 11.8 Å². The molecule has 1 aromatic rings. The number of sulfonamides is 1. The lowest BCUT2D eigenvalue weighted by Gasteiger charge is -2.30. The first-order chi connectivity index (χ1) is 10.5. The molecule has 5 nitrogen and oxygen atoms in total. The lowest BCUT2D eigenvalue weighted by molar-refractivity contribution is -0.142. The van der Waals surface area contributed by atoms with Gasteiger partial charge in [0, 0.05) is 13.1 Å². The first-order valence-corrected chi connectivity index (χ1v) is 9.34. The highest BCUT2D eigenvalue weighted by Gasteiger charge is 2.34. The monoisotopic (exact) mass is 323 g/mol. The van der Waals surface area contributed by atoms with Crippen LogP contribution in [0.25, 0.3) is 0 Å². The predicted molar refractivity (Wildman–Crippen MR) is 83.1 cm³/mol. The van der Waals surface area contributed by atoms with Crippen LogP contribution in [0.1, 0.15) is 24.0 Å². The van der Waals surface area contributed by atoms with E-state index in [9.17, 15) is 13.2 Å². The zero-order valence-corrected chi connectivity index (χ0v) is 13.3. The lowest BCUT2D eigenvalue weighted by atomic mass is 9.99. The summed E-state index contributed by atoms with van der Waals surface area (Å²) in [4.78, 5) is 10.9. The maximum atomic E-state index is 12.5. The normalized spacial score (nSPS) is 20.9. The number of carboxylic acids is 1. The molecule has 1 N–H and O–H groups in total. The molecule has 0 amide bonds. The van der Waals surface area contributed by atoms with Gasteiger partial charge in [-0.2, -0.15) is 0 Å². The number of piperidine rings is 1. The molecule has 0 bridgehead atoms. The van der Waals surface area contributed by atoms with Crippen LogP contribution in [0.3, 0.4) is 0 Å². The van der Waals surface area contributed by atoms with Crippen molar-refractivity contribution in [1.82, 2.24) is 4.31 Å². The largest absolute Gasteiger partial charge is 0.481 e. The number of aliphatic carboxylic acids is 1. The van der Waals surface area contributed by atoms with Crippen molar-refractivity contribution in [1.29, 1.82) is 0 Å². The molecule has 6 heteroatoms. The molecular weight excluding hydrogens is 302 g/mol. The molecule has 1 aliphatic heterocycles. The van der Waals surface area contributed by atoms with Crippen LogP contribution in [0.15, 0.2) is 24.3 Å². The SMILES string of the molecule is O=C(O)C1CCN(S(=O)(=O)CC2Cc3ccccc3C2)CC1. The highest BCUT2D eigenvalue weighted by Crippen LogP contribution is 2.29. The van der Waals surface area contributed by atoms with Gasteiger partial charge in [-0.25, -0.2) is 12.7 Å². The zero-order chi connectivity index (χ0) is 15.7. The lowest BCUT2D eigenvalue weighted by Crippen LogP contribution is -2.42. The first-order valence-electron chi connectivity index (χ1n) is 7.73. The molecule has 0 saturated carbocycles. The highest BCUT2D eigenvalue weighted by atomic mass is 32.2. The highest BCUT2D eigenvalue weighted by molar-refractivity contribution is 7.89. The number of benzene rings is 1. The average molecular weight is 323 g/mol. The third-order valence-corrected chi connectivity index (χ3v) is 6.82. The molecule has 1 fully saturated rings.